The first-order chi connectivity index (χ1) is 13.9. The van der Waals surface area contributed by atoms with Crippen molar-refractivity contribution in [1.82, 2.24) is 10.6 Å². The highest BCUT2D eigenvalue weighted by Gasteiger charge is 2.41. The minimum atomic E-state index is -1.08. The Hall–Kier alpha value is -3.33. The molecule has 4 amide bonds. The Balaban J connectivity index is 1.59. The van der Waals surface area contributed by atoms with E-state index in [4.69, 9.17) is 4.74 Å². The number of carbonyl (C=O) groups is 4. The van der Waals surface area contributed by atoms with Crippen LogP contribution in [0.15, 0.2) is 59.5 Å². The third-order valence-electron chi connectivity index (χ3n) is 4.13. The summed E-state index contributed by atoms with van der Waals surface area (Å²) in [5.74, 6) is -1.30. The van der Waals surface area contributed by atoms with Crippen molar-refractivity contribution in [3.63, 3.8) is 0 Å². The molecule has 2 aromatic carbocycles. The van der Waals surface area contributed by atoms with Gasteiger partial charge in [-0.1, -0.05) is 30.3 Å². The quantitative estimate of drug-likeness (QED) is 0.364. The van der Waals surface area contributed by atoms with Gasteiger partial charge >= 0.3 is 12.0 Å². The van der Waals surface area contributed by atoms with E-state index in [0.717, 1.165) is 0 Å². The molecule has 150 valence electrons. The van der Waals surface area contributed by atoms with Gasteiger partial charge in [-0.15, -0.1) is 11.8 Å². The Bertz CT molecular complexity index is 950. The predicted octanol–water partition coefficient (Wildman–Crippen LogP) is 2.17. The lowest BCUT2D eigenvalue weighted by Gasteiger charge is -2.20. The molecule has 1 aliphatic heterocycles. The molecule has 3 N–H and O–H groups in total. The van der Waals surface area contributed by atoms with Crippen molar-refractivity contribution in [3.8, 4) is 0 Å². The van der Waals surface area contributed by atoms with Gasteiger partial charge in [0.1, 0.15) is 5.54 Å². The lowest BCUT2D eigenvalue weighted by molar-refractivity contribution is -0.122. The van der Waals surface area contributed by atoms with Crippen LogP contribution in [0.5, 0.6) is 0 Å². The molecule has 1 atom stereocenters. The van der Waals surface area contributed by atoms with Crippen LogP contribution in [0.1, 0.15) is 17.3 Å². The molecule has 29 heavy (non-hydrogen) atoms. The van der Waals surface area contributed by atoms with Crippen LogP contribution in [-0.2, 0) is 14.3 Å². The number of rotatable bonds is 7. The van der Waals surface area contributed by atoms with Crippen molar-refractivity contribution in [2.75, 3.05) is 17.7 Å². The molecule has 1 heterocycles. The van der Waals surface area contributed by atoms with Gasteiger partial charge in [-0.3, -0.25) is 14.9 Å². The molecule has 1 fully saturated rings. The molecular formula is C20H19N3O5S. The van der Waals surface area contributed by atoms with Gasteiger partial charge in [-0.2, -0.15) is 0 Å². The largest absolute Gasteiger partial charge is 0.452 e. The zero-order valence-corrected chi connectivity index (χ0v) is 16.4. The summed E-state index contributed by atoms with van der Waals surface area (Å²) in [7, 11) is 0. The van der Waals surface area contributed by atoms with Gasteiger partial charge in [0.25, 0.3) is 11.8 Å². The van der Waals surface area contributed by atoms with Gasteiger partial charge in [0.05, 0.1) is 5.56 Å². The van der Waals surface area contributed by atoms with Crippen LogP contribution < -0.4 is 16.0 Å². The van der Waals surface area contributed by atoms with Crippen LogP contribution in [0.4, 0.5) is 10.5 Å². The lowest BCUT2D eigenvalue weighted by atomic mass is 10.1. The van der Waals surface area contributed by atoms with Crippen LogP contribution in [0.25, 0.3) is 0 Å². The van der Waals surface area contributed by atoms with Crippen LogP contribution >= 0.6 is 11.8 Å². The number of anilines is 1. The molecule has 0 saturated carbocycles. The summed E-state index contributed by atoms with van der Waals surface area (Å²) in [5, 5.41) is 7.40. The van der Waals surface area contributed by atoms with E-state index in [1.807, 2.05) is 6.07 Å². The Morgan fingerprint density at radius 1 is 1.07 bits per heavy atom. The summed E-state index contributed by atoms with van der Waals surface area (Å²) in [5.41, 5.74) is -0.193. The molecule has 2 aromatic rings. The SMILES string of the molecule is C[C@]1(CSc2ccccc2C(=O)OCC(=O)Nc2ccccc2)NC(=O)NC1=O. The van der Waals surface area contributed by atoms with E-state index in [1.165, 1.54) is 11.8 Å². The highest BCUT2D eigenvalue weighted by Crippen LogP contribution is 2.28. The summed E-state index contributed by atoms with van der Waals surface area (Å²) in [6, 6.07) is 15.0. The van der Waals surface area contributed by atoms with Crippen molar-refractivity contribution in [3.05, 3.63) is 60.2 Å². The standard InChI is InChI=1S/C20H19N3O5S/c1-20(18(26)22-19(27)23-20)12-29-15-10-6-5-9-14(15)17(25)28-11-16(24)21-13-7-3-2-4-8-13/h2-10H,11-12H2,1H3,(H,21,24)(H2,22,23,26,27)/t20-/m1/s1. The molecule has 3 rings (SSSR count). The Morgan fingerprint density at radius 3 is 2.45 bits per heavy atom. The number of carbonyl (C=O) groups excluding carboxylic acids is 4. The summed E-state index contributed by atoms with van der Waals surface area (Å²) in [4.78, 5) is 48.3. The molecule has 0 spiro atoms. The van der Waals surface area contributed by atoms with E-state index in [1.54, 1.807) is 55.5 Å². The number of hydrogen-bond acceptors (Lipinski definition) is 6. The normalized spacial score (nSPS) is 18.0. The van der Waals surface area contributed by atoms with Gasteiger partial charge in [0, 0.05) is 16.3 Å². The van der Waals surface area contributed by atoms with E-state index >= 15 is 0 Å². The van der Waals surface area contributed by atoms with Crippen LogP contribution in [0, 0.1) is 0 Å². The monoisotopic (exact) mass is 413 g/mol. The van der Waals surface area contributed by atoms with Crippen molar-refractivity contribution >= 4 is 41.3 Å². The maximum absolute atomic E-state index is 12.5. The average molecular weight is 413 g/mol. The second kappa shape index (κ2) is 8.78. The summed E-state index contributed by atoms with van der Waals surface area (Å²) < 4.78 is 5.12. The number of para-hydroxylation sites is 1. The fraction of sp³-hybridized carbons (Fsp3) is 0.200. The van der Waals surface area contributed by atoms with Crippen LogP contribution in [0.2, 0.25) is 0 Å². The maximum Gasteiger partial charge on any atom is 0.339 e. The molecule has 0 radical (unpaired) electrons. The predicted molar refractivity (Wildman–Crippen MR) is 108 cm³/mol. The lowest BCUT2D eigenvalue weighted by Crippen LogP contribution is -2.46. The third kappa shape index (κ3) is 5.14. The van der Waals surface area contributed by atoms with Gasteiger partial charge in [-0.05, 0) is 31.2 Å². The average Bonchev–Trinajstić information content (AvgIpc) is 2.97. The van der Waals surface area contributed by atoms with Gasteiger partial charge in [0.2, 0.25) is 0 Å². The second-order valence-corrected chi connectivity index (χ2v) is 7.53. The highest BCUT2D eigenvalue weighted by atomic mass is 32.2. The number of ether oxygens (including phenoxy) is 1. The van der Waals surface area contributed by atoms with Gasteiger partial charge in [-0.25, -0.2) is 9.59 Å². The zero-order valence-electron chi connectivity index (χ0n) is 15.6. The van der Waals surface area contributed by atoms with Crippen molar-refractivity contribution in [1.29, 1.82) is 0 Å². The van der Waals surface area contributed by atoms with Crippen LogP contribution in [0.3, 0.4) is 0 Å². The molecular weight excluding hydrogens is 394 g/mol. The van der Waals surface area contributed by atoms with E-state index in [-0.39, 0.29) is 11.3 Å². The van der Waals surface area contributed by atoms with E-state index in [0.29, 0.717) is 10.6 Å². The number of urea groups is 1. The molecule has 0 unspecified atom stereocenters. The number of imide groups is 1. The maximum atomic E-state index is 12.5. The van der Waals surface area contributed by atoms with E-state index in [9.17, 15) is 19.2 Å². The van der Waals surface area contributed by atoms with Crippen molar-refractivity contribution < 1.29 is 23.9 Å². The number of thioether (sulfide) groups is 1. The topological polar surface area (TPSA) is 114 Å². The number of esters is 1. The molecule has 0 aromatic heterocycles. The van der Waals surface area contributed by atoms with E-state index in [2.05, 4.69) is 16.0 Å². The number of hydrogen-bond donors (Lipinski definition) is 3. The first-order valence-electron chi connectivity index (χ1n) is 8.75. The van der Waals surface area contributed by atoms with Crippen molar-refractivity contribution in [2.24, 2.45) is 0 Å². The molecule has 8 nitrogen and oxygen atoms in total. The first-order valence-corrected chi connectivity index (χ1v) is 9.73. The summed E-state index contributed by atoms with van der Waals surface area (Å²) >= 11 is 1.24. The summed E-state index contributed by atoms with van der Waals surface area (Å²) in [6.07, 6.45) is 0. The molecule has 1 aliphatic rings. The Kier molecular flexibility index (Phi) is 6.18. The Morgan fingerprint density at radius 2 is 1.76 bits per heavy atom. The minimum Gasteiger partial charge on any atom is -0.452 e. The second-order valence-electron chi connectivity index (χ2n) is 6.52. The Labute approximate surface area is 171 Å². The summed E-state index contributed by atoms with van der Waals surface area (Å²) in [6.45, 7) is 1.18. The molecule has 0 aliphatic carbocycles. The fourth-order valence-electron chi connectivity index (χ4n) is 2.59. The van der Waals surface area contributed by atoms with Gasteiger partial charge < -0.3 is 15.4 Å². The van der Waals surface area contributed by atoms with Crippen molar-refractivity contribution in [2.45, 2.75) is 17.4 Å². The minimum absolute atomic E-state index is 0.226. The van der Waals surface area contributed by atoms with Gasteiger partial charge in [0.15, 0.2) is 6.61 Å². The van der Waals surface area contributed by atoms with E-state index < -0.39 is 36.0 Å². The molecule has 9 heteroatoms. The zero-order chi connectivity index (χ0) is 20.9. The number of amides is 4. The number of benzene rings is 2. The highest BCUT2D eigenvalue weighted by molar-refractivity contribution is 7.99. The molecule has 1 saturated heterocycles. The third-order valence-corrected chi connectivity index (χ3v) is 5.52. The first kappa shape index (κ1) is 20.4. The molecule has 0 bridgehead atoms. The smallest absolute Gasteiger partial charge is 0.339 e. The number of nitrogens with one attached hydrogen (secondary N) is 3. The van der Waals surface area contributed by atoms with Crippen LogP contribution in [-0.4, -0.2) is 41.7 Å². The fourth-order valence-corrected chi connectivity index (χ4v) is 3.72.